The van der Waals surface area contributed by atoms with Gasteiger partial charge in [0.1, 0.15) is 19.0 Å². The Kier molecular flexibility index (Phi) is 5.25. The summed E-state index contributed by atoms with van der Waals surface area (Å²) >= 11 is 12.0. The number of ether oxygens (including phenoxy) is 1. The summed E-state index contributed by atoms with van der Waals surface area (Å²) in [7, 11) is 0. The topological polar surface area (TPSA) is 42.4 Å². The van der Waals surface area contributed by atoms with Gasteiger partial charge in [-0.15, -0.1) is 0 Å². The lowest BCUT2D eigenvalue weighted by atomic mass is 10.2. The summed E-state index contributed by atoms with van der Waals surface area (Å²) in [4.78, 5) is 4.02. The van der Waals surface area contributed by atoms with E-state index in [4.69, 9.17) is 33.0 Å². The Morgan fingerprint density at radius 3 is 2.90 bits per heavy atom. The first-order valence-electron chi connectivity index (χ1n) is 5.81. The Hall–Kier alpha value is -1.73. The second kappa shape index (κ2) is 7.16. The van der Waals surface area contributed by atoms with Gasteiger partial charge in [-0.25, -0.2) is 0 Å². The van der Waals surface area contributed by atoms with Crippen molar-refractivity contribution in [3.8, 4) is 17.6 Å². The fraction of sp³-hybridized carbons (Fsp3) is 0.133. The lowest BCUT2D eigenvalue weighted by Gasteiger charge is -2.08. The molecule has 0 atom stereocenters. The third-order valence-electron chi connectivity index (χ3n) is 2.45. The molecular formula is C15H11Cl2NO2. The first kappa shape index (κ1) is 14.7. The second-order valence-electron chi connectivity index (χ2n) is 3.87. The van der Waals surface area contributed by atoms with Gasteiger partial charge in [-0.2, -0.15) is 0 Å². The zero-order valence-corrected chi connectivity index (χ0v) is 11.9. The summed E-state index contributed by atoms with van der Waals surface area (Å²) in [5.74, 6) is 5.89. The van der Waals surface area contributed by atoms with E-state index in [0.29, 0.717) is 21.4 Å². The van der Waals surface area contributed by atoms with E-state index in [1.807, 2.05) is 12.1 Å². The molecule has 0 aliphatic rings. The molecule has 0 radical (unpaired) electrons. The van der Waals surface area contributed by atoms with Crippen molar-refractivity contribution in [2.45, 2.75) is 6.61 Å². The number of aliphatic hydroxyl groups excluding tert-OH is 1. The average Bonchev–Trinajstić information content (AvgIpc) is 2.47. The van der Waals surface area contributed by atoms with Gasteiger partial charge in [0.25, 0.3) is 0 Å². The van der Waals surface area contributed by atoms with Gasteiger partial charge in [0, 0.05) is 17.3 Å². The van der Waals surface area contributed by atoms with Crippen LogP contribution in [0.3, 0.4) is 0 Å². The van der Waals surface area contributed by atoms with Crippen molar-refractivity contribution in [1.29, 1.82) is 0 Å². The van der Waals surface area contributed by atoms with Crippen LogP contribution in [0.1, 0.15) is 11.1 Å². The Labute approximate surface area is 127 Å². The van der Waals surface area contributed by atoms with Gasteiger partial charge in [0.05, 0.1) is 16.2 Å². The normalized spacial score (nSPS) is 9.75. The summed E-state index contributed by atoms with van der Waals surface area (Å²) in [5, 5.41) is 9.63. The summed E-state index contributed by atoms with van der Waals surface area (Å²) in [6.45, 7) is 0.0984. The zero-order chi connectivity index (χ0) is 14.4. The van der Waals surface area contributed by atoms with Crippen LogP contribution in [0.4, 0.5) is 0 Å². The van der Waals surface area contributed by atoms with E-state index >= 15 is 0 Å². The Morgan fingerprint density at radius 1 is 1.25 bits per heavy atom. The highest BCUT2D eigenvalue weighted by molar-refractivity contribution is 6.42. The van der Waals surface area contributed by atoms with Crippen LogP contribution in [-0.2, 0) is 6.61 Å². The molecule has 0 saturated carbocycles. The van der Waals surface area contributed by atoms with E-state index in [1.165, 1.54) is 0 Å². The summed E-state index contributed by atoms with van der Waals surface area (Å²) in [6, 6.07) is 7.12. The fourth-order valence-corrected chi connectivity index (χ4v) is 1.90. The smallest absolute Gasteiger partial charge is 0.139 e. The van der Waals surface area contributed by atoms with Crippen LogP contribution < -0.4 is 4.74 Å². The molecular weight excluding hydrogens is 297 g/mol. The predicted octanol–water partition coefficient (Wildman–Crippen LogP) is 3.31. The van der Waals surface area contributed by atoms with Gasteiger partial charge in [0.2, 0.25) is 0 Å². The van der Waals surface area contributed by atoms with Crippen LogP contribution in [0.25, 0.3) is 0 Å². The number of nitrogens with zero attached hydrogens (tertiary/aromatic N) is 1. The Bertz CT molecular complexity index is 662. The number of hydrogen-bond acceptors (Lipinski definition) is 3. The molecule has 2 aromatic rings. The van der Waals surface area contributed by atoms with Crippen LogP contribution in [0, 0.1) is 11.8 Å². The fourth-order valence-electron chi connectivity index (χ4n) is 1.53. The van der Waals surface area contributed by atoms with E-state index < -0.39 is 0 Å². The van der Waals surface area contributed by atoms with Gasteiger partial charge in [-0.1, -0.05) is 47.2 Å². The van der Waals surface area contributed by atoms with E-state index in [9.17, 15) is 0 Å². The number of pyridine rings is 1. The molecule has 0 aliphatic carbocycles. The van der Waals surface area contributed by atoms with E-state index in [0.717, 1.165) is 5.56 Å². The van der Waals surface area contributed by atoms with Gasteiger partial charge in [0.15, 0.2) is 0 Å². The van der Waals surface area contributed by atoms with E-state index in [-0.39, 0.29) is 13.2 Å². The lowest BCUT2D eigenvalue weighted by Crippen LogP contribution is -1.97. The predicted molar refractivity (Wildman–Crippen MR) is 79.0 cm³/mol. The largest absolute Gasteiger partial charge is 0.487 e. The second-order valence-corrected chi connectivity index (χ2v) is 4.66. The summed E-state index contributed by atoms with van der Waals surface area (Å²) in [5.41, 5.74) is 1.47. The number of halogens is 2. The molecule has 5 heteroatoms. The zero-order valence-electron chi connectivity index (χ0n) is 10.4. The van der Waals surface area contributed by atoms with Crippen molar-refractivity contribution in [2.75, 3.05) is 6.61 Å². The molecule has 1 aromatic heterocycles. The van der Waals surface area contributed by atoms with Crippen molar-refractivity contribution >= 4 is 23.2 Å². The minimum atomic E-state index is -0.191. The molecule has 2 rings (SSSR count). The molecule has 20 heavy (non-hydrogen) atoms. The minimum Gasteiger partial charge on any atom is -0.487 e. The van der Waals surface area contributed by atoms with Crippen molar-refractivity contribution in [3.63, 3.8) is 0 Å². The number of aliphatic hydroxyl groups is 1. The van der Waals surface area contributed by atoms with Crippen LogP contribution in [-0.4, -0.2) is 16.7 Å². The van der Waals surface area contributed by atoms with Crippen LogP contribution in [0.15, 0.2) is 36.7 Å². The van der Waals surface area contributed by atoms with Crippen LogP contribution in [0.5, 0.6) is 5.75 Å². The van der Waals surface area contributed by atoms with Crippen molar-refractivity contribution in [2.24, 2.45) is 0 Å². The van der Waals surface area contributed by atoms with Crippen molar-refractivity contribution < 1.29 is 9.84 Å². The van der Waals surface area contributed by atoms with Gasteiger partial charge in [-0.3, -0.25) is 4.98 Å². The lowest BCUT2D eigenvalue weighted by molar-refractivity contribution is 0.305. The molecule has 0 aliphatic heterocycles. The maximum atomic E-state index is 8.65. The molecule has 1 aromatic carbocycles. The molecule has 0 bridgehead atoms. The quantitative estimate of drug-likeness (QED) is 0.885. The number of rotatable bonds is 3. The third-order valence-corrected chi connectivity index (χ3v) is 3.31. The molecule has 1 N–H and O–H groups in total. The molecule has 3 nitrogen and oxygen atoms in total. The highest BCUT2D eigenvalue weighted by Gasteiger charge is 2.05. The molecule has 1 heterocycles. The molecule has 0 saturated heterocycles. The average molecular weight is 308 g/mol. The van der Waals surface area contributed by atoms with Crippen LogP contribution >= 0.6 is 23.2 Å². The first-order chi connectivity index (χ1) is 9.70. The molecule has 102 valence electrons. The summed E-state index contributed by atoms with van der Waals surface area (Å²) < 4.78 is 5.61. The van der Waals surface area contributed by atoms with Gasteiger partial charge in [-0.05, 0) is 12.1 Å². The number of hydrogen-bond donors (Lipinski definition) is 1. The maximum absolute atomic E-state index is 8.65. The monoisotopic (exact) mass is 307 g/mol. The molecule has 0 unspecified atom stereocenters. The SMILES string of the molecule is OCC#Cc1cncc(OCc2cccc(Cl)c2Cl)c1. The Morgan fingerprint density at radius 2 is 2.10 bits per heavy atom. The van der Waals surface area contributed by atoms with Gasteiger partial charge >= 0.3 is 0 Å². The molecule has 0 fully saturated rings. The number of aromatic nitrogens is 1. The number of benzene rings is 1. The first-order valence-corrected chi connectivity index (χ1v) is 6.57. The van der Waals surface area contributed by atoms with Crippen molar-refractivity contribution in [1.82, 2.24) is 4.98 Å². The highest BCUT2D eigenvalue weighted by atomic mass is 35.5. The third kappa shape index (κ3) is 3.88. The molecule has 0 amide bonds. The standard InChI is InChI=1S/C15H11Cl2NO2/c16-14-5-1-4-12(15(14)17)10-20-13-7-11(3-2-6-19)8-18-9-13/h1,4-5,7-9,19H,6,10H2. The summed E-state index contributed by atoms with van der Waals surface area (Å²) in [6.07, 6.45) is 3.18. The molecule has 0 spiro atoms. The minimum absolute atomic E-state index is 0.191. The van der Waals surface area contributed by atoms with E-state index in [1.54, 1.807) is 24.5 Å². The maximum Gasteiger partial charge on any atom is 0.139 e. The van der Waals surface area contributed by atoms with E-state index in [2.05, 4.69) is 16.8 Å². The highest BCUT2D eigenvalue weighted by Crippen LogP contribution is 2.26. The van der Waals surface area contributed by atoms with Crippen molar-refractivity contribution in [3.05, 3.63) is 57.8 Å². The van der Waals surface area contributed by atoms with Gasteiger partial charge < -0.3 is 9.84 Å². The Balaban J connectivity index is 2.09. The van der Waals surface area contributed by atoms with Crippen LogP contribution in [0.2, 0.25) is 10.0 Å².